The summed E-state index contributed by atoms with van der Waals surface area (Å²) in [5, 5.41) is 0.111. The van der Waals surface area contributed by atoms with E-state index in [1.165, 1.54) is 0 Å². The molecule has 8 heavy (non-hydrogen) atoms. The summed E-state index contributed by atoms with van der Waals surface area (Å²) in [7, 11) is 0. The zero-order valence-electron chi connectivity index (χ0n) is 5.00. The second-order valence-electron chi connectivity index (χ2n) is 1.68. The van der Waals surface area contributed by atoms with Crippen molar-refractivity contribution in [2.45, 2.75) is 25.2 Å². The van der Waals surface area contributed by atoms with Crippen molar-refractivity contribution in [2.24, 2.45) is 0 Å². The zero-order valence-corrected chi connectivity index (χ0v) is 5.89. The van der Waals surface area contributed by atoms with Crippen molar-refractivity contribution < 1.29 is 9.53 Å². The van der Waals surface area contributed by atoms with Crippen LogP contribution < -0.4 is 0 Å². The molecule has 48 valence electrons. The molecule has 0 heterocycles. The van der Waals surface area contributed by atoms with Gasteiger partial charge in [-0.2, -0.15) is 12.6 Å². The highest BCUT2D eigenvalue weighted by Gasteiger charge is 2.05. The van der Waals surface area contributed by atoms with Gasteiger partial charge in [-0.25, -0.2) is 0 Å². The largest absolute Gasteiger partial charge is 0.464 e. The van der Waals surface area contributed by atoms with Crippen molar-refractivity contribution in [3.63, 3.8) is 0 Å². The number of carbonyl (C=O) groups is 1. The molecule has 0 aromatic carbocycles. The number of thiol groups is 1. The van der Waals surface area contributed by atoms with E-state index >= 15 is 0 Å². The van der Waals surface area contributed by atoms with Crippen LogP contribution in [-0.4, -0.2) is 17.8 Å². The van der Waals surface area contributed by atoms with Gasteiger partial charge in [-0.3, -0.25) is 4.79 Å². The molecule has 0 rings (SSSR count). The molecule has 0 aromatic heterocycles. The minimum Gasteiger partial charge on any atom is -0.464 e. The lowest BCUT2D eigenvalue weighted by Crippen LogP contribution is -2.16. The molecule has 0 aliphatic heterocycles. The standard InChI is InChI=1S/C5H10O2S/c1-4(5(2)8)7-3-6/h3-5,8H,1-2H3. The summed E-state index contributed by atoms with van der Waals surface area (Å²) in [6.07, 6.45) is -0.0872. The Morgan fingerprint density at radius 2 is 2.12 bits per heavy atom. The topological polar surface area (TPSA) is 26.3 Å². The number of carbonyl (C=O) groups excluding carboxylic acids is 1. The molecule has 0 spiro atoms. The van der Waals surface area contributed by atoms with Gasteiger partial charge in [0, 0.05) is 5.25 Å². The molecular formula is C5H10O2S. The Balaban J connectivity index is 3.30. The third-order valence-corrected chi connectivity index (χ3v) is 1.37. The molecule has 2 atom stereocenters. The highest BCUT2D eigenvalue weighted by molar-refractivity contribution is 7.81. The summed E-state index contributed by atoms with van der Waals surface area (Å²) in [5.41, 5.74) is 0. The monoisotopic (exact) mass is 134 g/mol. The van der Waals surface area contributed by atoms with Gasteiger partial charge in [0.25, 0.3) is 6.47 Å². The van der Waals surface area contributed by atoms with E-state index in [9.17, 15) is 4.79 Å². The molecule has 0 aliphatic rings. The molecule has 0 saturated heterocycles. The van der Waals surface area contributed by atoms with Gasteiger partial charge in [0.1, 0.15) is 6.10 Å². The predicted octanol–water partition coefficient (Wildman–Crippen LogP) is 0.866. The lowest BCUT2D eigenvalue weighted by atomic mass is 10.3. The van der Waals surface area contributed by atoms with Crippen LogP contribution in [0.5, 0.6) is 0 Å². The van der Waals surface area contributed by atoms with Crippen LogP contribution in [-0.2, 0) is 9.53 Å². The normalized spacial score (nSPS) is 16.9. The Morgan fingerprint density at radius 1 is 1.62 bits per heavy atom. The number of rotatable bonds is 3. The van der Waals surface area contributed by atoms with Crippen molar-refractivity contribution >= 4 is 19.1 Å². The molecule has 0 N–H and O–H groups in total. The quantitative estimate of drug-likeness (QED) is 0.458. The summed E-state index contributed by atoms with van der Waals surface area (Å²) < 4.78 is 4.55. The second-order valence-corrected chi connectivity index (χ2v) is 2.49. The van der Waals surface area contributed by atoms with Crippen LogP contribution in [0, 0.1) is 0 Å². The van der Waals surface area contributed by atoms with E-state index in [2.05, 4.69) is 17.4 Å². The zero-order chi connectivity index (χ0) is 6.57. The Bertz CT molecular complexity index is 72.8. The van der Waals surface area contributed by atoms with Crippen LogP contribution in [0.2, 0.25) is 0 Å². The van der Waals surface area contributed by atoms with E-state index in [0.717, 1.165) is 0 Å². The van der Waals surface area contributed by atoms with Crippen molar-refractivity contribution in [3.8, 4) is 0 Å². The fourth-order valence-electron chi connectivity index (χ4n) is 0.201. The van der Waals surface area contributed by atoms with Gasteiger partial charge in [-0.1, -0.05) is 0 Å². The van der Waals surface area contributed by atoms with Gasteiger partial charge in [-0.15, -0.1) is 0 Å². The van der Waals surface area contributed by atoms with E-state index in [0.29, 0.717) is 6.47 Å². The molecule has 0 amide bonds. The van der Waals surface area contributed by atoms with Crippen molar-refractivity contribution in [1.82, 2.24) is 0 Å². The summed E-state index contributed by atoms with van der Waals surface area (Å²) in [5.74, 6) is 0. The molecule has 2 unspecified atom stereocenters. The molecule has 0 fully saturated rings. The third kappa shape index (κ3) is 2.91. The van der Waals surface area contributed by atoms with Crippen LogP contribution in [0.25, 0.3) is 0 Å². The maximum Gasteiger partial charge on any atom is 0.293 e. The van der Waals surface area contributed by atoms with E-state index in [-0.39, 0.29) is 11.4 Å². The van der Waals surface area contributed by atoms with Crippen molar-refractivity contribution in [1.29, 1.82) is 0 Å². The lowest BCUT2D eigenvalue weighted by molar-refractivity contribution is -0.132. The lowest BCUT2D eigenvalue weighted by Gasteiger charge is -2.10. The van der Waals surface area contributed by atoms with Crippen molar-refractivity contribution in [2.75, 3.05) is 0 Å². The van der Waals surface area contributed by atoms with E-state index in [1.54, 1.807) is 6.92 Å². The van der Waals surface area contributed by atoms with Crippen molar-refractivity contribution in [3.05, 3.63) is 0 Å². The molecule has 0 saturated carbocycles. The van der Waals surface area contributed by atoms with E-state index in [1.807, 2.05) is 6.92 Å². The maximum atomic E-state index is 9.66. The van der Waals surface area contributed by atoms with Crippen LogP contribution in [0.3, 0.4) is 0 Å². The minimum absolute atomic E-state index is 0.0872. The fourth-order valence-corrected chi connectivity index (χ4v) is 0.272. The Hall–Kier alpha value is -0.180. The highest BCUT2D eigenvalue weighted by atomic mass is 32.1. The SMILES string of the molecule is CC(S)C(C)OC=O. The summed E-state index contributed by atoms with van der Waals surface area (Å²) in [6, 6.07) is 0. The Morgan fingerprint density at radius 3 is 2.25 bits per heavy atom. The third-order valence-electron chi connectivity index (χ3n) is 0.950. The molecule has 3 heteroatoms. The van der Waals surface area contributed by atoms with Crippen LogP contribution >= 0.6 is 12.6 Å². The highest BCUT2D eigenvalue weighted by Crippen LogP contribution is 2.02. The van der Waals surface area contributed by atoms with Crippen LogP contribution in [0.15, 0.2) is 0 Å². The van der Waals surface area contributed by atoms with E-state index in [4.69, 9.17) is 0 Å². The molecular weight excluding hydrogens is 124 g/mol. The van der Waals surface area contributed by atoms with E-state index < -0.39 is 0 Å². The Kier molecular flexibility index (Phi) is 3.69. The molecule has 0 bridgehead atoms. The molecule has 0 aliphatic carbocycles. The van der Waals surface area contributed by atoms with Gasteiger partial charge in [0.05, 0.1) is 0 Å². The molecule has 0 radical (unpaired) electrons. The summed E-state index contributed by atoms with van der Waals surface area (Å²) in [4.78, 5) is 9.66. The maximum absolute atomic E-state index is 9.66. The first-order valence-corrected chi connectivity index (χ1v) is 2.97. The number of hydrogen-bond acceptors (Lipinski definition) is 3. The second kappa shape index (κ2) is 3.78. The first kappa shape index (κ1) is 7.82. The van der Waals surface area contributed by atoms with Crippen LogP contribution in [0.4, 0.5) is 0 Å². The molecule has 0 aromatic rings. The average molecular weight is 134 g/mol. The van der Waals surface area contributed by atoms with Gasteiger partial charge in [0.2, 0.25) is 0 Å². The van der Waals surface area contributed by atoms with Gasteiger partial charge in [0.15, 0.2) is 0 Å². The summed E-state index contributed by atoms with van der Waals surface area (Å²) in [6.45, 7) is 4.11. The molecule has 2 nitrogen and oxygen atoms in total. The average Bonchev–Trinajstić information content (AvgIpc) is 1.67. The minimum atomic E-state index is -0.0872. The fraction of sp³-hybridized carbons (Fsp3) is 0.800. The summed E-state index contributed by atoms with van der Waals surface area (Å²) >= 11 is 4.04. The predicted molar refractivity (Wildman–Crippen MR) is 35.1 cm³/mol. The van der Waals surface area contributed by atoms with Gasteiger partial charge in [-0.05, 0) is 13.8 Å². The van der Waals surface area contributed by atoms with Gasteiger partial charge < -0.3 is 4.74 Å². The first-order chi connectivity index (χ1) is 3.68. The Labute approximate surface area is 54.6 Å². The smallest absolute Gasteiger partial charge is 0.293 e. The van der Waals surface area contributed by atoms with Crippen LogP contribution in [0.1, 0.15) is 13.8 Å². The first-order valence-electron chi connectivity index (χ1n) is 2.45. The number of hydrogen-bond donors (Lipinski definition) is 1. The number of ether oxygens (including phenoxy) is 1. The van der Waals surface area contributed by atoms with Gasteiger partial charge >= 0.3 is 0 Å².